The van der Waals surface area contributed by atoms with E-state index in [1.54, 1.807) is 35.6 Å². The summed E-state index contributed by atoms with van der Waals surface area (Å²) in [5, 5.41) is 0. The molecule has 9 rings (SSSR count). The second-order valence-corrected chi connectivity index (χ2v) is 20.1. The van der Waals surface area contributed by atoms with Gasteiger partial charge >= 0.3 is 0 Å². The van der Waals surface area contributed by atoms with Crippen molar-refractivity contribution in [3.63, 3.8) is 0 Å². The lowest BCUT2D eigenvalue weighted by molar-refractivity contribution is 0.401. The molecule has 0 fully saturated rings. The summed E-state index contributed by atoms with van der Waals surface area (Å²) in [5.41, 5.74) is 17.2. The highest BCUT2D eigenvalue weighted by Crippen LogP contribution is 2.56. The fraction of sp³-hybridized carbons (Fsp3) is 0.298. The average Bonchev–Trinajstić information content (AvgIpc) is 3.93. The zero-order valence-corrected chi connectivity index (χ0v) is 39.1. The zero-order valence-electron chi connectivity index (χ0n) is 37.4. The lowest BCUT2D eigenvalue weighted by Crippen LogP contribution is -2.25. The van der Waals surface area contributed by atoms with Crippen molar-refractivity contribution in [2.75, 3.05) is 0 Å². The molecule has 320 valence electrons. The monoisotopic (exact) mass is 870 g/mol. The Morgan fingerprint density at radius 2 is 0.952 bits per heavy atom. The van der Waals surface area contributed by atoms with Crippen LogP contribution >= 0.6 is 22.7 Å². The van der Waals surface area contributed by atoms with E-state index in [0.717, 1.165) is 43.0 Å². The van der Waals surface area contributed by atoms with Gasteiger partial charge in [-0.15, -0.1) is 22.7 Å². The number of hydrogen-bond acceptors (Lipinski definition) is 4. The molecule has 63 heavy (non-hydrogen) atoms. The van der Waals surface area contributed by atoms with Gasteiger partial charge in [-0.05, 0) is 146 Å². The van der Waals surface area contributed by atoms with Gasteiger partial charge < -0.3 is 0 Å². The number of thiophene rings is 2. The summed E-state index contributed by atoms with van der Waals surface area (Å²) in [6.45, 7) is 13.4. The van der Waals surface area contributed by atoms with E-state index in [1.165, 1.54) is 143 Å². The van der Waals surface area contributed by atoms with Crippen LogP contribution < -0.4 is 0 Å². The first-order chi connectivity index (χ1) is 30.6. The zero-order chi connectivity index (χ0) is 43.8. The Hall–Kier alpha value is -5.30. The first-order valence-electron chi connectivity index (χ1n) is 22.9. The van der Waals surface area contributed by atoms with E-state index in [-0.39, 0.29) is 17.0 Å². The van der Waals surface area contributed by atoms with Crippen molar-refractivity contribution in [1.29, 1.82) is 0 Å². The van der Waals surface area contributed by atoms with Crippen LogP contribution in [0.25, 0.3) is 76.0 Å². The van der Waals surface area contributed by atoms with Gasteiger partial charge in [0.2, 0.25) is 0 Å². The van der Waals surface area contributed by atoms with Crippen LogP contribution in [0.1, 0.15) is 111 Å². The van der Waals surface area contributed by atoms with Gasteiger partial charge in [0.15, 0.2) is 0 Å². The minimum absolute atomic E-state index is 0.00127. The Morgan fingerprint density at radius 1 is 0.476 bits per heavy atom. The quantitative estimate of drug-likeness (QED) is 0.0959. The van der Waals surface area contributed by atoms with Gasteiger partial charge in [-0.2, -0.15) is 0 Å². The Labute approximate surface area is 380 Å². The molecule has 0 atom stereocenters. The van der Waals surface area contributed by atoms with Crippen molar-refractivity contribution in [3.8, 4) is 65.0 Å². The van der Waals surface area contributed by atoms with E-state index in [9.17, 15) is 8.78 Å². The third-order valence-electron chi connectivity index (χ3n) is 13.4. The highest BCUT2D eigenvalue weighted by Gasteiger charge is 2.42. The number of halogens is 2. The number of hydrogen-bond donors (Lipinski definition) is 0. The average molecular weight is 871 g/mol. The maximum atomic E-state index is 14.4. The highest BCUT2D eigenvalue weighted by atomic mass is 32.1. The van der Waals surface area contributed by atoms with Crippen LogP contribution in [0, 0.1) is 39.3 Å². The Balaban J connectivity index is 1.21. The molecule has 0 spiro atoms. The Bertz CT molecular complexity index is 2910. The van der Waals surface area contributed by atoms with Crippen LogP contribution in [-0.4, -0.2) is 9.97 Å². The van der Waals surface area contributed by atoms with Crippen molar-refractivity contribution >= 4 is 33.7 Å². The molecule has 0 aliphatic heterocycles. The summed E-state index contributed by atoms with van der Waals surface area (Å²) >= 11 is 3.58. The molecular weight excluding hydrogens is 815 g/mol. The molecule has 5 aromatic carbocycles. The van der Waals surface area contributed by atoms with Crippen LogP contribution in [0.5, 0.6) is 0 Å². The standard InChI is InChI=1S/C57H56F2N2S2/c1-7-9-11-13-29-57(30-14-12-10-8-2)48-31-35(3)15-25-44(48)45-26-20-41(34-49(45)57)56-37(5)33-51(63-56)47-28-27-46(50-32-36(4)38(6)62-50)54-55(47)61-53(40-18-23-43(59)24-19-40)52(60-54)39-16-21-42(58)22-17-39/h15-28,31-34H,7-14,29-30H2,1-6H3. The number of unbranched alkanes of at least 4 members (excludes halogenated alkanes) is 6. The molecule has 0 bridgehead atoms. The van der Waals surface area contributed by atoms with Gasteiger partial charge in [0, 0.05) is 47.2 Å². The van der Waals surface area contributed by atoms with Gasteiger partial charge in [0.1, 0.15) is 11.6 Å². The molecule has 1 aliphatic rings. The van der Waals surface area contributed by atoms with Crippen LogP contribution in [0.3, 0.4) is 0 Å². The highest BCUT2D eigenvalue weighted by molar-refractivity contribution is 7.19. The van der Waals surface area contributed by atoms with Crippen molar-refractivity contribution in [2.24, 2.45) is 0 Å². The number of aromatic nitrogens is 2. The second kappa shape index (κ2) is 18.1. The van der Waals surface area contributed by atoms with Crippen LogP contribution in [-0.2, 0) is 5.41 Å². The number of rotatable bonds is 15. The summed E-state index contributed by atoms with van der Waals surface area (Å²) in [6, 6.07) is 36.3. The minimum atomic E-state index is -0.320. The first-order valence-corrected chi connectivity index (χ1v) is 24.5. The lowest BCUT2D eigenvalue weighted by atomic mass is 9.70. The summed E-state index contributed by atoms with van der Waals surface area (Å²) in [5.74, 6) is -0.639. The van der Waals surface area contributed by atoms with E-state index in [4.69, 9.17) is 9.97 Å². The third-order valence-corrected chi connectivity index (χ3v) is 15.9. The lowest BCUT2D eigenvalue weighted by Gasteiger charge is -2.33. The van der Waals surface area contributed by atoms with Crippen LogP contribution in [0.2, 0.25) is 0 Å². The minimum Gasteiger partial charge on any atom is -0.243 e. The smallest absolute Gasteiger partial charge is 0.123 e. The van der Waals surface area contributed by atoms with E-state index >= 15 is 0 Å². The molecule has 6 heteroatoms. The topological polar surface area (TPSA) is 25.8 Å². The number of benzene rings is 5. The Morgan fingerprint density at radius 3 is 1.48 bits per heavy atom. The summed E-state index contributed by atoms with van der Waals surface area (Å²) in [4.78, 5) is 15.7. The summed E-state index contributed by atoms with van der Waals surface area (Å²) in [6.07, 6.45) is 12.4. The molecule has 0 amide bonds. The van der Waals surface area contributed by atoms with Crippen molar-refractivity contribution in [1.82, 2.24) is 9.97 Å². The maximum Gasteiger partial charge on any atom is 0.123 e. The summed E-state index contributed by atoms with van der Waals surface area (Å²) in [7, 11) is 0. The first kappa shape index (κ1) is 43.0. The molecule has 1 aliphatic carbocycles. The van der Waals surface area contributed by atoms with Crippen molar-refractivity contribution < 1.29 is 8.78 Å². The Kier molecular flexibility index (Phi) is 12.3. The van der Waals surface area contributed by atoms with Gasteiger partial charge in [0.25, 0.3) is 0 Å². The molecule has 0 saturated heterocycles. The van der Waals surface area contributed by atoms with E-state index in [2.05, 4.69) is 102 Å². The van der Waals surface area contributed by atoms with Crippen molar-refractivity contribution in [2.45, 2.75) is 111 Å². The molecular formula is C57H56F2N2S2. The molecule has 3 aromatic heterocycles. The fourth-order valence-corrected chi connectivity index (χ4v) is 12.1. The molecule has 0 saturated carbocycles. The fourth-order valence-electron chi connectivity index (χ4n) is 9.88. The van der Waals surface area contributed by atoms with E-state index in [0.29, 0.717) is 11.4 Å². The number of aryl methyl sites for hydroxylation is 4. The van der Waals surface area contributed by atoms with Crippen LogP contribution in [0.4, 0.5) is 8.78 Å². The molecule has 8 aromatic rings. The molecule has 0 N–H and O–H groups in total. The molecule has 0 radical (unpaired) electrons. The molecule has 0 unspecified atom stereocenters. The SMILES string of the molecule is CCCCCCC1(CCCCCC)c2cc(C)ccc2-c2ccc(-c3sc(-c4ccc(-c5cc(C)c(C)s5)c5nc(-c6ccc(F)cc6)c(-c6ccc(F)cc6)nc45)cc3C)cc21. The van der Waals surface area contributed by atoms with Gasteiger partial charge in [-0.3, -0.25) is 0 Å². The predicted octanol–water partition coefficient (Wildman–Crippen LogP) is 17.8. The van der Waals surface area contributed by atoms with Crippen molar-refractivity contribution in [3.05, 3.63) is 154 Å². The normalized spacial score (nSPS) is 12.9. The number of nitrogens with zero attached hydrogens (tertiary/aromatic N) is 2. The molecule has 2 nitrogen and oxygen atoms in total. The summed E-state index contributed by atoms with van der Waals surface area (Å²) < 4.78 is 28.7. The van der Waals surface area contributed by atoms with E-state index < -0.39 is 0 Å². The van der Waals surface area contributed by atoms with Gasteiger partial charge in [-0.1, -0.05) is 113 Å². The number of fused-ring (bicyclic) bond motifs is 4. The second-order valence-electron chi connectivity index (χ2n) is 17.8. The van der Waals surface area contributed by atoms with Gasteiger partial charge in [-0.25, -0.2) is 18.7 Å². The third kappa shape index (κ3) is 8.22. The van der Waals surface area contributed by atoms with E-state index in [1.807, 2.05) is 11.3 Å². The molecule has 3 heterocycles. The van der Waals surface area contributed by atoms with Crippen LogP contribution in [0.15, 0.2) is 109 Å². The van der Waals surface area contributed by atoms with Gasteiger partial charge in [0.05, 0.1) is 22.4 Å². The maximum absolute atomic E-state index is 14.4. The largest absolute Gasteiger partial charge is 0.243 e. The predicted molar refractivity (Wildman–Crippen MR) is 265 cm³/mol.